The molecule has 0 aliphatic carbocycles. The molecular weight excluding hydrogens is 428 g/mol. The zero-order valence-electron chi connectivity index (χ0n) is 10.2. The van der Waals surface area contributed by atoms with E-state index in [-0.39, 0.29) is 10.6 Å². The second-order valence-corrected chi connectivity index (χ2v) is 7.23. The van der Waals surface area contributed by atoms with Crippen LogP contribution in [0.25, 0.3) is 0 Å². The molecule has 0 unspecified atom stereocenters. The van der Waals surface area contributed by atoms with Crippen LogP contribution in [0.1, 0.15) is 10.4 Å². The van der Waals surface area contributed by atoms with Crippen LogP contribution in [0.4, 0.5) is 5.69 Å². The van der Waals surface area contributed by atoms with E-state index in [1.807, 2.05) is 0 Å². The number of anilines is 1. The number of carbonyl (C=O) groups is 1. The molecule has 2 rings (SSSR count). The number of pyridine rings is 1. The van der Waals surface area contributed by atoms with Crippen LogP contribution >= 0.6 is 31.9 Å². The van der Waals surface area contributed by atoms with Crippen LogP contribution in [0.3, 0.4) is 0 Å². The van der Waals surface area contributed by atoms with Gasteiger partial charge in [-0.2, -0.15) is 8.42 Å². The van der Waals surface area contributed by atoms with Gasteiger partial charge >= 0.3 is 5.97 Å². The van der Waals surface area contributed by atoms with E-state index in [1.165, 1.54) is 6.07 Å². The van der Waals surface area contributed by atoms with Gasteiger partial charge in [0.15, 0.2) is 5.03 Å². The Morgan fingerprint density at radius 3 is 2.24 bits per heavy atom. The van der Waals surface area contributed by atoms with Gasteiger partial charge in [0.25, 0.3) is 10.0 Å². The van der Waals surface area contributed by atoms with Crippen molar-refractivity contribution in [3.63, 3.8) is 0 Å². The number of nitrogens with one attached hydrogen (secondary N) is 1. The summed E-state index contributed by atoms with van der Waals surface area (Å²) in [7, 11) is -3.91. The normalized spacial score (nSPS) is 11.1. The first-order valence-corrected chi connectivity index (χ1v) is 8.54. The standard InChI is InChI=1S/C12H8Br2N2O4S/c13-8-2-1-3-9(14)11(8)16-21(19,20)10-5-4-7(6-15-10)12(17)18/h1-6,16H,(H,17,18). The second-order valence-electron chi connectivity index (χ2n) is 3.89. The first kappa shape index (κ1) is 15.9. The minimum absolute atomic E-state index is 0.0870. The average Bonchev–Trinajstić information content (AvgIpc) is 2.43. The van der Waals surface area contributed by atoms with Crippen molar-refractivity contribution in [2.24, 2.45) is 0 Å². The molecule has 2 aromatic rings. The summed E-state index contributed by atoms with van der Waals surface area (Å²) >= 11 is 6.50. The van der Waals surface area contributed by atoms with E-state index in [1.54, 1.807) is 18.2 Å². The lowest BCUT2D eigenvalue weighted by molar-refractivity contribution is 0.0696. The van der Waals surface area contributed by atoms with Crippen molar-refractivity contribution in [1.29, 1.82) is 0 Å². The van der Waals surface area contributed by atoms with E-state index in [9.17, 15) is 13.2 Å². The number of para-hydroxylation sites is 1. The molecule has 6 nitrogen and oxygen atoms in total. The summed E-state index contributed by atoms with van der Waals surface area (Å²) in [6.45, 7) is 0. The van der Waals surface area contributed by atoms with Crippen molar-refractivity contribution >= 4 is 53.5 Å². The number of hydrogen-bond acceptors (Lipinski definition) is 4. The predicted octanol–water partition coefficient (Wildman–Crippen LogP) is 3.11. The highest BCUT2D eigenvalue weighted by molar-refractivity contribution is 9.11. The van der Waals surface area contributed by atoms with Gasteiger partial charge in [0.05, 0.1) is 11.3 Å². The molecule has 0 saturated carbocycles. The van der Waals surface area contributed by atoms with Crippen LogP contribution < -0.4 is 4.72 Å². The summed E-state index contributed by atoms with van der Waals surface area (Å²) < 4.78 is 28.0. The van der Waals surface area contributed by atoms with Gasteiger partial charge in [-0.1, -0.05) is 6.07 Å². The molecule has 0 spiro atoms. The van der Waals surface area contributed by atoms with Gasteiger partial charge in [0, 0.05) is 15.1 Å². The number of sulfonamides is 1. The lowest BCUT2D eigenvalue weighted by atomic mass is 10.3. The van der Waals surface area contributed by atoms with Crippen LogP contribution in [-0.2, 0) is 10.0 Å². The van der Waals surface area contributed by atoms with Gasteiger partial charge in [-0.15, -0.1) is 0 Å². The summed E-state index contributed by atoms with van der Waals surface area (Å²) in [6.07, 6.45) is 0.992. The van der Waals surface area contributed by atoms with E-state index in [0.717, 1.165) is 12.3 Å². The van der Waals surface area contributed by atoms with E-state index < -0.39 is 16.0 Å². The second kappa shape index (κ2) is 6.12. The zero-order valence-corrected chi connectivity index (χ0v) is 14.2. The lowest BCUT2D eigenvalue weighted by Crippen LogP contribution is -2.15. The Bertz CT molecular complexity index is 771. The van der Waals surface area contributed by atoms with E-state index in [2.05, 4.69) is 41.6 Å². The molecule has 1 aromatic carbocycles. The lowest BCUT2D eigenvalue weighted by Gasteiger charge is -2.11. The maximum atomic E-state index is 12.2. The van der Waals surface area contributed by atoms with Gasteiger partial charge in [0.1, 0.15) is 0 Å². The van der Waals surface area contributed by atoms with Crippen LogP contribution in [0.2, 0.25) is 0 Å². The summed E-state index contributed by atoms with van der Waals surface area (Å²) in [5, 5.41) is 8.50. The smallest absolute Gasteiger partial charge is 0.337 e. The number of hydrogen-bond donors (Lipinski definition) is 2. The van der Waals surface area contributed by atoms with Gasteiger partial charge < -0.3 is 5.11 Å². The number of nitrogens with zero attached hydrogens (tertiary/aromatic N) is 1. The molecule has 110 valence electrons. The van der Waals surface area contributed by atoms with Crippen molar-refractivity contribution in [3.05, 3.63) is 51.0 Å². The van der Waals surface area contributed by atoms with Crippen LogP contribution in [0, 0.1) is 0 Å². The number of halogens is 2. The monoisotopic (exact) mass is 434 g/mol. The molecule has 1 heterocycles. The van der Waals surface area contributed by atoms with Crippen molar-refractivity contribution in [2.45, 2.75) is 5.03 Å². The van der Waals surface area contributed by atoms with Gasteiger partial charge in [-0.05, 0) is 56.1 Å². The van der Waals surface area contributed by atoms with Crippen LogP contribution in [-0.4, -0.2) is 24.5 Å². The van der Waals surface area contributed by atoms with Crippen molar-refractivity contribution < 1.29 is 18.3 Å². The van der Waals surface area contributed by atoms with E-state index >= 15 is 0 Å². The van der Waals surface area contributed by atoms with E-state index in [4.69, 9.17) is 5.11 Å². The van der Waals surface area contributed by atoms with Crippen molar-refractivity contribution in [3.8, 4) is 0 Å². The molecular formula is C12H8Br2N2O4S. The highest BCUT2D eigenvalue weighted by Gasteiger charge is 2.19. The minimum atomic E-state index is -3.91. The van der Waals surface area contributed by atoms with Gasteiger partial charge in [0.2, 0.25) is 0 Å². The molecule has 0 aliphatic rings. The Labute approximate surface area is 137 Å². The van der Waals surface area contributed by atoms with Crippen molar-refractivity contribution in [1.82, 2.24) is 4.98 Å². The number of aromatic carboxylic acids is 1. The third-order valence-electron chi connectivity index (χ3n) is 2.46. The van der Waals surface area contributed by atoms with Crippen molar-refractivity contribution in [2.75, 3.05) is 4.72 Å². The fourth-order valence-corrected chi connectivity index (χ4v) is 3.94. The highest BCUT2D eigenvalue weighted by atomic mass is 79.9. The largest absolute Gasteiger partial charge is 0.478 e. The Kier molecular flexibility index (Phi) is 4.64. The predicted molar refractivity (Wildman–Crippen MR) is 83.8 cm³/mol. The Morgan fingerprint density at radius 1 is 1.14 bits per heavy atom. The number of benzene rings is 1. The fraction of sp³-hybridized carbons (Fsp3) is 0. The first-order valence-electron chi connectivity index (χ1n) is 5.47. The summed E-state index contributed by atoms with van der Waals surface area (Å²) in [6, 6.07) is 7.43. The van der Waals surface area contributed by atoms with Gasteiger partial charge in [-0.25, -0.2) is 9.78 Å². The molecule has 0 amide bonds. The number of carboxylic acid groups (broad SMARTS) is 1. The molecule has 0 fully saturated rings. The molecule has 0 radical (unpaired) electrons. The summed E-state index contributed by atoms with van der Waals surface area (Å²) in [5.74, 6) is -1.17. The van der Waals surface area contributed by atoms with Crippen LogP contribution in [0.15, 0.2) is 50.5 Å². The SMILES string of the molecule is O=C(O)c1ccc(S(=O)(=O)Nc2c(Br)cccc2Br)nc1. The molecule has 21 heavy (non-hydrogen) atoms. The molecule has 0 bridgehead atoms. The number of rotatable bonds is 4. The highest BCUT2D eigenvalue weighted by Crippen LogP contribution is 2.32. The quantitative estimate of drug-likeness (QED) is 0.768. The summed E-state index contributed by atoms with van der Waals surface area (Å²) in [4.78, 5) is 14.4. The maximum Gasteiger partial charge on any atom is 0.337 e. The molecule has 0 aliphatic heterocycles. The fourth-order valence-electron chi connectivity index (χ4n) is 1.45. The zero-order chi connectivity index (χ0) is 15.6. The minimum Gasteiger partial charge on any atom is -0.478 e. The van der Waals surface area contributed by atoms with Gasteiger partial charge in [-0.3, -0.25) is 4.72 Å². The van der Waals surface area contributed by atoms with E-state index in [0.29, 0.717) is 14.6 Å². The topological polar surface area (TPSA) is 96.4 Å². The number of aromatic nitrogens is 1. The molecule has 0 atom stereocenters. The molecule has 1 aromatic heterocycles. The Balaban J connectivity index is 2.36. The van der Waals surface area contributed by atoms with Crippen LogP contribution in [0.5, 0.6) is 0 Å². The number of carboxylic acids is 1. The first-order chi connectivity index (χ1) is 9.81. The molecule has 9 heteroatoms. The summed E-state index contributed by atoms with van der Waals surface area (Å²) in [5.41, 5.74) is 0.248. The molecule has 2 N–H and O–H groups in total. The Morgan fingerprint density at radius 2 is 1.76 bits per heavy atom. The maximum absolute atomic E-state index is 12.2. The third-order valence-corrected chi connectivity index (χ3v) is 5.04. The third kappa shape index (κ3) is 3.60. The average molecular weight is 436 g/mol. The Hall–Kier alpha value is -1.45. The molecule has 0 saturated heterocycles.